The first-order valence-corrected chi connectivity index (χ1v) is 9.71. The summed E-state index contributed by atoms with van der Waals surface area (Å²) in [6.45, 7) is 2.04. The number of para-hydroxylation sites is 1. The number of imidazole rings is 1. The molecule has 2 aromatic carbocycles. The quantitative estimate of drug-likeness (QED) is 0.467. The molecule has 0 aliphatic carbocycles. The van der Waals surface area contributed by atoms with Crippen LogP contribution in [0.4, 0.5) is 5.69 Å². The van der Waals surface area contributed by atoms with Crippen molar-refractivity contribution >= 4 is 38.8 Å². The van der Waals surface area contributed by atoms with Gasteiger partial charge in [-0.15, -0.1) is 11.3 Å². The monoisotopic (exact) mass is 384 g/mol. The van der Waals surface area contributed by atoms with Gasteiger partial charge in [0.25, 0.3) is 5.91 Å². The summed E-state index contributed by atoms with van der Waals surface area (Å²) >= 11 is 1.39. The number of hydrogen-bond donors (Lipinski definition) is 1. The molecule has 5 nitrogen and oxygen atoms in total. The molecule has 0 bridgehead atoms. The minimum absolute atomic E-state index is 0.204. The molecule has 0 aliphatic rings. The molecule has 3 heterocycles. The van der Waals surface area contributed by atoms with Crippen LogP contribution in [0.2, 0.25) is 0 Å². The number of aromatic nitrogens is 3. The number of anilines is 1. The summed E-state index contributed by atoms with van der Waals surface area (Å²) in [4.78, 5) is 21.8. The molecule has 6 heteroatoms. The van der Waals surface area contributed by atoms with Crippen LogP contribution < -0.4 is 5.32 Å². The highest BCUT2D eigenvalue weighted by atomic mass is 32.1. The smallest absolute Gasteiger partial charge is 0.284 e. The highest BCUT2D eigenvalue weighted by molar-refractivity contribution is 7.20. The Hall–Kier alpha value is -3.51. The van der Waals surface area contributed by atoms with E-state index >= 15 is 0 Å². The molecule has 0 unspecified atom stereocenters. The third-order valence-electron chi connectivity index (χ3n) is 4.58. The Morgan fingerprint density at radius 3 is 2.79 bits per heavy atom. The predicted octanol–water partition coefficient (Wildman–Crippen LogP) is 5.17. The number of carbonyl (C=O) groups excluding carboxylic acids is 1. The fourth-order valence-corrected chi connectivity index (χ4v) is 4.06. The van der Waals surface area contributed by atoms with Gasteiger partial charge in [0.2, 0.25) is 0 Å². The maximum absolute atomic E-state index is 12.6. The molecule has 0 saturated heterocycles. The molecular weight excluding hydrogens is 368 g/mol. The number of nitrogens with zero attached hydrogens (tertiary/aromatic N) is 3. The lowest BCUT2D eigenvalue weighted by molar-refractivity contribution is 0.102. The van der Waals surface area contributed by atoms with Crippen molar-refractivity contribution in [2.75, 3.05) is 5.32 Å². The number of fused-ring (bicyclic) bond motifs is 2. The van der Waals surface area contributed by atoms with Gasteiger partial charge in [0, 0.05) is 23.6 Å². The molecule has 0 saturated carbocycles. The highest BCUT2D eigenvalue weighted by Gasteiger charge is 2.13. The van der Waals surface area contributed by atoms with Crippen LogP contribution in [0.15, 0.2) is 73.1 Å². The van der Waals surface area contributed by atoms with Gasteiger partial charge in [-0.2, -0.15) is 0 Å². The zero-order valence-corrected chi connectivity index (χ0v) is 15.9. The molecule has 5 aromatic rings. The molecule has 1 amide bonds. The van der Waals surface area contributed by atoms with E-state index in [0.717, 1.165) is 38.4 Å². The minimum Gasteiger partial charge on any atom is -0.320 e. The number of nitrogens with one attached hydrogen (secondary N) is 1. The van der Waals surface area contributed by atoms with Crippen LogP contribution in [0, 0.1) is 6.92 Å². The van der Waals surface area contributed by atoms with Crippen LogP contribution in [-0.2, 0) is 0 Å². The zero-order chi connectivity index (χ0) is 19.1. The number of benzene rings is 2. The fourth-order valence-electron chi connectivity index (χ4n) is 3.20. The molecule has 0 radical (unpaired) electrons. The van der Waals surface area contributed by atoms with Gasteiger partial charge in [0.05, 0.1) is 15.9 Å². The largest absolute Gasteiger partial charge is 0.320 e. The lowest BCUT2D eigenvalue weighted by Crippen LogP contribution is -2.11. The van der Waals surface area contributed by atoms with Crippen molar-refractivity contribution in [2.24, 2.45) is 0 Å². The summed E-state index contributed by atoms with van der Waals surface area (Å²) in [5.74, 6) is -0.204. The van der Waals surface area contributed by atoms with Gasteiger partial charge in [0.1, 0.15) is 5.65 Å². The van der Waals surface area contributed by atoms with Crippen LogP contribution >= 0.6 is 11.3 Å². The van der Waals surface area contributed by atoms with Gasteiger partial charge in [-0.05, 0) is 42.8 Å². The molecule has 136 valence electrons. The molecule has 5 rings (SSSR count). The van der Waals surface area contributed by atoms with Crippen molar-refractivity contribution in [2.45, 2.75) is 6.92 Å². The maximum atomic E-state index is 12.6. The summed E-state index contributed by atoms with van der Waals surface area (Å²) in [5, 5.41) is 3.40. The van der Waals surface area contributed by atoms with Crippen LogP contribution in [0.25, 0.3) is 27.1 Å². The van der Waals surface area contributed by atoms with E-state index in [1.54, 1.807) is 0 Å². The summed E-state index contributed by atoms with van der Waals surface area (Å²) < 4.78 is 3.01. The Balaban J connectivity index is 1.44. The van der Waals surface area contributed by atoms with E-state index < -0.39 is 0 Å². The first-order valence-electron chi connectivity index (χ1n) is 8.89. The van der Waals surface area contributed by atoms with Crippen molar-refractivity contribution in [1.82, 2.24) is 14.4 Å². The molecule has 0 atom stereocenters. The van der Waals surface area contributed by atoms with Gasteiger partial charge in [-0.25, -0.2) is 9.97 Å². The number of carbonyl (C=O) groups is 1. The van der Waals surface area contributed by atoms with Crippen LogP contribution in [-0.4, -0.2) is 20.3 Å². The highest BCUT2D eigenvalue weighted by Crippen LogP contribution is 2.25. The number of amides is 1. The molecule has 3 aromatic heterocycles. The minimum atomic E-state index is -0.204. The van der Waals surface area contributed by atoms with E-state index in [1.807, 2.05) is 84.4 Å². The number of rotatable bonds is 3. The van der Waals surface area contributed by atoms with E-state index in [9.17, 15) is 4.79 Å². The van der Waals surface area contributed by atoms with Crippen molar-refractivity contribution in [3.63, 3.8) is 0 Å². The van der Waals surface area contributed by atoms with Gasteiger partial charge in [-0.3, -0.25) is 4.79 Å². The Morgan fingerprint density at radius 2 is 1.93 bits per heavy atom. The topological polar surface area (TPSA) is 59.3 Å². The Kier molecular flexibility index (Phi) is 3.91. The van der Waals surface area contributed by atoms with Crippen molar-refractivity contribution in [3.8, 4) is 11.3 Å². The van der Waals surface area contributed by atoms with E-state index in [2.05, 4.69) is 10.3 Å². The average Bonchev–Trinajstić information content (AvgIpc) is 3.33. The summed E-state index contributed by atoms with van der Waals surface area (Å²) in [5.41, 5.74) is 5.42. The van der Waals surface area contributed by atoms with E-state index in [4.69, 9.17) is 4.98 Å². The third kappa shape index (κ3) is 2.93. The number of hydrogen-bond acceptors (Lipinski definition) is 4. The van der Waals surface area contributed by atoms with Crippen LogP contribution in [0.5, 0.6) is 0 Å². The second-order valence-electron chi connectivity index (χ2n) is 6.57. The van der Waals surface area contributed by atoms with E-state index in [-0.39, 0.29) is 5.91 Å². The summed E-state index contributed by atoms with van der Waals surface area (Å²) in [6, 6.07) is 19.5. The molecule has 28 heavy (non-hydrogen) atoms. The Bertz CT molecular complexity index is 1300. The van der Waals surface area contributed by atoms with Gasteiger partial charge in [0.15, 0.2) is 5.01 Å². The first kappa shape index (κ1) is 16.6. The molecule has 0 fully saturated rings. The fraction of sp³-hybridized carbons (Fsp3) is 0.0455. The number of thiazole rings is 1. The van der Waals surface area contributed by atoms with Gasteiger partial charge >= 0.3 is 0 Å². The molecular formula is C22H16N4OS. The molecule has 0 aliphatic heterocycles. The summed E-state index contributed by atoms with van der Waals surface area (Å²) in [7, 11) is 0. The number of pyridine rings is 1. The molecule has 1 N–H and O–H groups in total. The third-order valence-corrected chi connectivity index (χ3v) is 5.62. The maximum Gasteiger partial charge on any atom is 0.284 e. The second-order valence-corrected chi connectivity index (χ2v) is 7.60. The van der Waals surface area contributed by atoms with Crippen LogP contribution in [0.3, 0.4) is 0 Å². The van der Waals surface area contributed by atoms with Gasteiger partial charge in [-0.1, -0.05) is 30.3 Å². The second kappa shape index (κ2) is 6.58. The van der Waals surface area contributed by atoms with Crippen molar-refractivity contribution in [3.05, 3.63) is 83.6 Å². The van der Waals surface area contributed by atoms with E-state index in [1.165, 1.54) is 11.3 Å². The zero-order valence-electron chi connectivity index (χ0n) is 15.1. The normalized spacial score (nSPS) is 11.2. The van der Waals surface area contributed by atoms with Crippen LogP contribution in [0.1, 0.15) is 15.4 Å². The number of aryl methyl sites for hydroxylation is 1. The van der Waals surface area contributed by atoms with E-state index in [0.29, 0.717) is 5.01 Å². The van der Waals surface area contributed by atoms with Crippen molar-refractivity contribution < 1.29 is 4.79 Å². The molecule has 0 spiro atoms. The first-order chi connectivity index (χ1) is 13.7. The van der Waals surface area contributed by atoms with Gasteiger partial charge < -0.3 is 9.72 Å². The average molecular weight is 384 g/mol. The predicted molar refractivity (Wildman–Crippen MR) is 113 cm³/mol. The Labute approximate surface area is 165 Å². The Morgan fingerprint density at radius 1 is 1.04 bits per heavy atom. The summed E-state index contributed by atoms with van der Waals surface area (Å²) in [6.07, 6.45) is 3.98. The lowest BCUT2D eigenvalue weighted by Gasteiger charge is -2.04. The van der Waals surface area contributed by atoms with Crippen molar-refractivity contribution in [1.29, 1.82) is 0 Å². The SMILES string of the molecule is Cc1cccn2cc(-c3cccc(NC(=O)c4nc5ccccc5s4)c3)nc12. The lowest BCUT2D eigenvalue weighted by atomic mass is 10.1. The standard InChI is InChI=1S/C22H16N4OS/c1-14-6-5-11-26-13-18(24-20(14)26)15-7-4-8-16(12-15)23-21(27)22-25-17-9-2-3-10-19(17)28-22/h2-13H,1H3,(H,23,27).